The Labute approximate surface area is 151 Å². The minimum absolute atomic E-state index is 0.312. The predicted octanol–water partition coefficient (Wildman–Crippen LogP) is 3.77. The van der Waals surface area contributed by atoms with Gasteiger partial charge in [-0.1, -0.05) is 36.2 Å². The molecule has 0 spiro atoms. The maximum absolute atomic E-state index is 12.4. The molecular formula is C17H21Cl2NO4. The third-order valence-electron chi connectivity index (χ3n) is 3.06. The maximum Gasteiger partial charge on any atom is 0.330 e. The van der Waals surface area contributed by atoms with Crippen LogP contribution >= 0.6 is 23.2 Å². The number of rotatable bonds is 7. The van der Waals surface area contributed by atoms with Gasteiger partial charge in [0.25, 0.3) is 5.91 Å². The van der Waals surface area contributed by atoms with Crippen LogP contribution in [0.2, 0.25) is 10.0 Å². The molecule has 0 unspecified atom stereocenters. The van der Waals surface area contributed by atoms with Gasteiger partial charge in [-0.2, -0.15) is 0 Å². The van der Waals surface area contributed by atoms with Crippen LogP contribution in [0.4, 0.5) is 0 Å². The molecule has 1 amide bonds. The number of carbonyl (C=O) groups excluding carboxylic acids is 2. The molecule has 0 saturated heterocycles. The average Bonchev–Trinajstić information content (AvgIpc) is 2.48. The molecule has 1 N–H and O–H groups in total. The molecule has 0 aliphatic heterocycles. The molecule has 1 rings (SSSR count). The SMILES string of the molecule is CC[C@@H](Oc1cc(Cl)cc(Cl)c1)C(=O)NC(C)(C)/C=C/C(=O)OC. The van der Waals surface area contributed by atoms with Crippen molar-refractivity contribution in [2.24, 2.45) is 0 Å². The number of nitrogens with one attached hydrogen (secondary N) is 1. The van der Waals surface area contributed by atoms with E-state index < -0.39 is 17.6 Å². The Morgan fingerprint density at radius 1 is 1.25 bits per heavy atom. The molecule has 0 heterocycles. The van der Waals surface area contributed by atoms with E-state index in [9.17, 15) is 9.59 Å². The first-order valence-electron chi connectivity index (χ1n) is 7.39. The fraction of sp³-hybridized carbons (Fsp3) is 0.412. The van der Waals surface area contributed by atoms with E-state index in [0.29, 0.717) is 22.2 Å². The fourth-order valence-electron chi connectivity index (χ4n) is 1.87. The van der Waals surface area contributed by atoms with Crippen LogP contribution in [0.25, 0.3) is 0 Å². The van der Waals surface area contributed by atoms with E-state index in [1.54, 1.807) is 38.1 Å². The predicted molar refractivity (Wildman–Crippen MR) is 94.5 cm³/mol. The highest BCUT2D eigenvalue weighted by Crippen LogP contribution is 2.25. The molecule has 0 saturated carbocycles. The maximum atomic E-state index is 12.4. The molecule has 0 fully saturated rings. The van der Waals surface area contributed by atoms with Crippen molar-refractivity contribution in [1.82, 2.24) is 5.32 Å². The Bertz CT molecular complexity index is 609. The monoisotopic (exact) mass is 373 g/mol. The lowest BCUT2D eigenvalue weighted by molar-refractivity contribution is -0.135. The number of ether oxygens (including phenoxy) is 2. The summed E-state index contributed by atoms with van der Waals surface area (Å²) in [5.74, 6) is -0.389. The van der Waals surface area contributed by atoms with Gasteiger partial charge in [0.15, 0.2) is 6.10 Å². The van der Waals surface area contributed by atoms with E-state index >= 15 is 0 Å². The van der Waals surface area contributed by atoms with Crippen LogP contribution < -0.4 is 10.1 Å². The molecule has 0 aromatic heterocycles. The van der Waals surface area contributed by atoms with Crippen molar-refractivity contribution in [3.63, 3.8) is 0 Å². The lowest BCUT2D eigenvalue weighted by Crippen LogP contribution is -2.48. The molecule has 132 valence electrons. The van der Waals surface area contributed by atoms with Crippen LogP contribution in [0.15, 0.2) is 30.4 Å². The van der Waals surface area contributed by atoms with Gasteiger partial charge in [0.05, 0.1) is 12.6 Å². The number of halogens is 2. The van der Waals surface area contributed by atoms with Gasteiger partial charge in [0, 0.05) is 16.1 Å². The van der Waals surface area contributed by atoms with Gasteiger partial charge in [-0.3, -0.25) is 4.79 Å². The topological polar surface area (TPSA) is 64.6 Å². The molecular weight excluding hydrogens is 353 g/mol. The molecule has 1 atom stereocenters. The number of methoxy groups -OCH3 is 1. The number of esters is 1. The minimum Gasteiger partial charge on any atom is -0.481 e. The van der Waals surface area contributed by atoms with E-state index in [-0.39, 0.29) is 5.91 Å². The summed E-state index contributed by atoms with van der Waals surface area (Å²) in [6.45, 7) is 5.34. The van der Waals surface area contributed by atoms with Crippen LogP contribution in [0, 0.1) is 0 Å². The van der Waals surface area contributed by atoms with Gasteiger partial charge in [0.1, 0.15) is 5.75 Å². The highest BCUT2D eigenvalue weighted by atomic mass is 35.5. The first-order valence-corrected chi connectivity index (χ1v) is 8.14. The number of carbonyl (C=O) groups is 2. The van der Waals surface area contributed by atoms with Crippen LogP contribution in [0.3, 0.4) is 0 Å². The van der Waals surface area contributed by atoms with Crippen molar-refractivity contribution in [3.8, 4) is 5.75 Å². The number of amides is 1. The summed E-state index contributed by atoms with van der Waals surface area (Å²) in [5, 5.41) is 3.66. The van der Waals surface area contributed by atoms with Crippen molar-refractivity contribution in [3.05, 3.63) is 40.4 Å². The van der Waals surface area contributed by atoms with E-state index in [0.717, 1.165) is 0 Å². The minimum atomic E-state index is -0.742. The van der Waals surface area contributed by atoms with E-state index in [1.165, 1.54) is 13.2 Å². The van der Waals surface area contributed by atoms with Crippen molar-refractivity contribution in [1.29, 1.82) is 0 Å². The van der Waals surface area contributed by atoms with Crippen LogP contribution in [-0.4, -0.2) is 30.6 Å². The Hall–Kier alpha value is -1.72. The largest absolute Gasteiger partial charge is 0.481 e. The van der Waals surface area contributed by atoms with Crippen molar-refractivity contribution in [2.75, 3.05) is 7.11 Å². The summed E-state index contributed by atoms with van der Waals surface area (Å²) in [4.78, 5) is 23.6. The van der Waals surface area contributed by atoms with Crippen molar-refractivity contribution >= 4 is 35.1 Å². The molecule has 0 aliphatic carbocycles. The van der Waals surface area contributed by atoms with Crippen LogP contribution in [0.1, 0.15) is 27.2 Å². The third kappa shape index (κ3) is 6.81. The van der Waals surface area contributed by atoms with E-state index in [1.807, 2.05) is 6.92 Å². The third-order valence-corrected chi connectivity index (χ3v) is 3.50. The zero-order valence-electron chi connectivity index (χ0n) is 14.1. The first-order chi connectivity index (χ1) is 11.2. The Kier molecular flexibility index (Phi) is 7.58. The Morgan fingerprint density at radius 2 is 1.83 bits per heavy atom. The molecule has 24 heavy (non-hydrogen) atoms. The van der Waals surface area contributed by atoms with E-state index in [4.69, 9.17) is 27.9 Å². The molecule has 1 aromatic rings. The average molecular weight is 374 g/mol. The molecule has 0 radical (unpaired) electrons. The zero-order chi connectivity index (χ0) is 18.3. The number of benzene rings is 1. The quantitative estimate of drug-likeness (QED) is 0.583. The van der Waals surface area contributed by atoms with Crippen molar-refractivity contribution in [2.45, 2.75) is 38.8 Å². The molecule has 5 nitrogen and oxygen atoms in total. The van der Waals surface area contributed by atoms with Crippen LogP contribution in [0.5, 0.6) is 5.75 Å². The molecule has 1 aromatic carbocycles. The second kappa shape index (κ2) is 8.94. The summed E-state index contributed by atoms with van der Waals surface area (Å²) in [6.07, 6.45) is 2.55. The number of hydrogen-bond acceptors (Lipinski definition) is 4. The Morgan fingerprint density at radius 3 is 2.33 bits per heavy atom. The summed E-state index contributed by atoms with van der Waals surface area (Å²) in [5.41, 5.74) is -0.742. The van der Waals surface area contributed by atoms with Gasteiger partial charge in [0.2, 0.25) is 0 Å². The lowest BCUT2D eigenvalue weighted by Gasteiger charge is -2.26. The summed E-state index contributed by atoms with van der Waals surface area (Å²) >= 11 is 11.9. The van der Waals surface area contributed by atoms with Crippen LogP contribution in [-0.2, 0) is 14.3 Å². The smallest absolute Gasteiger partial charge is 0.330 e. The highest BCUT2D eigenvalue weighted by molar-refractivity contribution is 6.34. The van der Waals surface area contributed by atoms with Crippen molar-refractivity contribution < 1.29 is 19.1 Å². The second-order valence-corrected chi connectivity index (χ2v) is 6.56. The number of hydrogen-bond donors (Lipinski definition) is 1. The summed E-state index contributed by atoms with van der Waals surface area (Å²) in [7, 11) is 1.29. The van der Waals surface area contributed by atoms with Gasteiger partial charge in [-0.25, -0.2) is 4.79 Å². The summed E-state index contributed by atoms with van der Waals surface area (Å²) < 4.78 is 10.2. The highest BCUT2D eigenvalue weighted by Gasteiger charge is 2.25. The lowest BCUT2D eigenvalue weighted by atomic mass is 10.0. The normalized spacial score (nSPS) is 12.8. The molecule has 0 bridgehead atoms. The van der Waals surface area contributed by atoms with Gasteiger partial charge < -0.3 is 14.8 Å². The fourth-order valence-corrected chi connectivity index (χ4v) is 2.37. The zero-order valence-corrected chi connectivity index (χ0v) is 15.6. The Balaban J connectivity index is 2.79. The standard InChI is InChI=1S/C17H21Cl2NO4/c1-5-14(24-13-9-11(18)8-12(19)10-13)16(22)20-17(2,3)7-6-15(21)23-4/h6-10,14H,5H2,1-4H3,(H,20,22)/b7-6+/t14-/m1/s1. The molecule has 0 aliphatic rings. The van der Waals surface area contributed by atoms with Gasteiger partial charge in [-0.15, -0.1) is 0 Å². The van der Waals surface area contributed by atoms with E-state index in [2.05, 4.69) is 10.1 Å². The second-order valence-electron chi connectivity index (χ2n) is 5.69. The van der Waals surface area contributed by atoms with Gasteiger partial charge in [-0.05, 0) is 38.5 Å². The first kappa shape index (κ1) is 20.3. The summed E-state index contributed by atoms with van der Waals surface area (Å²) in [6, 6.07) is 4.76. The van der Waals surface area contributed by atoms with Gasteiger partial charge >= 0.3 is 5.97 Å². The molecule has 7 heteroatoms.